The zero-order valence-electron chi connectivity index (χ0n) is 44.2. The Labute approximate surface area is 448 Å². The maximum atomic E-state index is 14.1. The number of ether oxygens (including phenoxy) is 5. The van der Waals surface area contributed by atoms with Crippen molar-refractivity contribution in [3.63, 3.8) is 0 Å². The van der Waals surface area contributed by atoms with E-state index in [0.717, 1.165) is 48.5 Å². The number of hydrogen-bond donors (Lipinski definition) is 3. The van der Waals surface area contributed by atoms with Crippen molar-refractivity contribution in [3.05, 3.63) is 120 Å². The van der Waals surface area contributed by atoms with Gasteiger partial charge >= 0.3 is 6.09 Å². The van der Waals surface area contributed by atoms with Gasteiger partial charge in [0.15, 0.2) is 23.0 Å². The van der Waals surface area contributed by atoms with Crippen molar-refractivity contribution >= 4 is 76.0 Å². The summed E-state index contributed by atoms with van der Waals surface area (Å²) in [7, 11) is 5.21. The summed E-state index contributed by atoms with van der Waals surface area (Å²) in [6.07, 6.45) is 9.64. The molecular formula is C58H65N9O10. The number of anilines is 2. The molecule has 402 valence electrons. The molecule has 4 aromatic rings. The monoisotopic (exact) mass is 1050 g/mol. The molecule has 0 unspecified atom stereocenters. The van der Waals surface area contributed by atoms with Crippen LogP contribution < -0.4 is 39.8 Å². The summed E-state index contributed by atoms with van der Waals surface area (Å²) >= 11 is 0. The van der Waals surface area contributed by atoms with Crippen LogP contribution in [-0.4, -0.2) is 148 Å². The van der Waals surface area contributed by atoms with Crippen LogP contribution in [0.15, 0.2) is 108 Å². The molecule has 0 aliphatic carbocycles. The fourth-order valence-corrected chi connectivity index (χ4v) is 9.74. The van der Waals surface area contributed by atoms with Gasteiger partial charge in [0.25, 0.3) is 11.8 Å². The second kappa shape index (κ2) is 23.6. The second-order valence-electron chi connectivity index (χ2n) is 19.8. The van der Waals surface area contributed by atoms with E-state index in [9.17, 15) is 24.0 Å². The lowest BCUT2D eigenvalue weighted by atomic mass is 10.0. The number of alkyl carbamates (subject to hydrolysis) is 1. The molecule has 3 N–H and O–H groups in total. The SMILES string of the molecule is C=CCOC(=O)N[C@H](C(=O)N[C@@H](C)C(=O)Nc1ccc(C2=CN3C(=O)c4cc(OC)c(OCCCOc5cc6c(cc5OC)C(=O)N5C=C(c7ccc(N8CCN(C)CC8)cc7)C[C@H]5C=N6)cc4N=C[C@@H]3C2)cc1)C(C)C. The number of carbonyl (C=O) groups excluding carboxylic acids is 5. The number of hydrogen-bond acceptors (Lipinski definition) is 14. The van der Waals surface area contributed by atoms with E-state index in [0.29, 0.717) is 70.4 Å². The fraction of sp³-hybridized carbons (Fsp3) is 0.362. The summed E-state index contributed by atoms with van der Waals surface area (Å²) in [5.74, 6) is 0.0194. The summed E-state index contributed by atoms with van der Waals surface area (Å²) in [6.45, 7) is 13.2. The van der Waals surface area contributed by atoms with Gasteiger partial charge in [-0.15, -0.1) is 0 Å². The third-order valence-corrected chi connectivity index (χ3v) is 14.2. The number of aliphatic imine (C=N–C) groups is 2. The van der Waals surface area contributed by atoms with Crippen LogP contribution in [0.5, 0.6) is 23.0 Å². The van der Waals surface area contributed by atoms with Gasteiger partial charge < -0.3 is 59.2 Å². The van der Waals surface area contributed by atoms with Gasteiger partial charge in [0, 0.05) is 93.8 Å². The highest BCUT2D eigenvalue weighted by atomic mass is 16.5. The number of nitrogens with one attached hydrogen (secondary N) is 3. The molecule has 5 heterocycles. The zero-order valence-corrected chi connectivity index (χ0v) is 44.2. The van der Waals surface area contributed by atoms with Crippen molar-refractivity contribution in [2.24, 2.45) is 15.9 Å². The van der Waals surface area contributed by atoms with Gasteiger partial charge in [-0.2, -0.15) is 0 Å². The smallest absolute Gasteiger partial charge is 0.408 e. The van der Waals surface area contributed by atoms with Crippen molar-refractivity contribution in [1.29, 1.82) is 0 Å². The van der Waals surface area contributed by atoms with Crippen molar-refractivity contribution in [3.8, 4) is 23.0 Å². The molecule has 77 heavy (non-hydrogen) atoms. The average molecular weight is 1050 g/mol. The van der Waals surface area contributed by atoms with Crippen LogP contribution in [0.4, 0.5) is 27.5 Å². The van der Waals surface area contributed by atoms with Crippen LogP contribution in [-0.2, 0) is 14.3 Å². The van der Waals surface area contributed by atoms with E-state index in [4.69, 9.17) is 33.7 Å². The number of fused-ring (bicyclic) bond motifs is 4. The van der Waals surface area contributed by atoms with E-state index in [2.05, 4.69) is 63.6 Å². The Kier molecular flexibility index (Phi) is 16.4. The Morgan fingerprint density at radius 1 is 0.701 bits per heavy atom. The first-order valence-electron chi connectivity index (χ1n) is 25.9. The largest absolute Gasteiger partial charge is 0.493 e. The minimum absolute atomic E-state index is 0.00473. The van der Waals surface area contributed by atoms with Crippen LogP contribution in [0, 0.1) is 5.92 Å². The molecule has 0 bridgehead atoms. The molecule has 9 rings (SSSR count). The van der Waals surface area contributed by atoms with Crippen molar-refractivity contribution in [1.82, 2.24) is 25.3 Å². The Balaban J connectivity index is 0.769. The van der Waals surface area contributed by atoms with Crippen LogP contribution >= 0.6 is 0 Å². The molecule has 1 fully saturated rings. The molecule has 0 saturated carbocycles. The first kappa shape index (κ1) is 53.4. The van der Waals surface area contributed by atoms with Gasteiger partial charge in [0.2, 0.25) is 11.8 Å². The maximum absolute atomic E-state index is 14.1. The lowest BCUT2D eigenvalue weighted by Crippen LogP contribution is -2.53. The molecule has 5 aliphatic heterocycles. The van der Waals surface area contributed by atoms with Crippen molar-refractivity contribution in [2.45, 2.75) is 64.2 Å². The highest BCUT2D eigenvalue weighted by Crippen LogP contribution is 2.42. The lowest BCUT2D eigenvalue weighted by Gasteiger charge is -2.34. The highest BCUT2D eigenvalue weighted by Gasteiger charge is 2.36. The highest BCUT2D eigenvalue weighted by molar-refractivity contribution is 6.07. The normalized spacial score (nSPS) is 18.4. The summed E-state index contributed by atoms with van der Waals surface area (Å²) in [4.78, 5) is 83.9. The van der Waals surface area contributed by atoms with Crippen LogP contribution in [0.1, 0.15) is 71.9 Å². The molecule has 0 aromatic heterocycles. The molecule has 5 amide bonds. The molecule has 0 spiro atoms. The average Bonchev–Trinajstić information content (AvgIpc) is 4.04. The third-order valence-electron chi connectivity index (χ3n) is 14.2. The Morgan fingerprint density at radius 3 is 1.71 bits per heavy atom. The lowest BCUT2D eigenvalue weighted by molar-refractivity contribution is -0.128. The van der Waals surface area contributed by atoms with Gasteiger partial charge in [-0.3, -0.25) is 29.2 Å². The molecule has 1 saturated heterocycles. The predicted molar refractivity (Wildman–Crippen MR) is 295 cm³/mol. The zero-order chi connectivity index (χ0) is 54.3. The number of benzene rings is 4. The summed E-state index contributed by atoms with van der Waals surface area (Å²) in [5.41, 5.74) is 7.39. The summed E-state index contributed by atoms with van der Waals surface area (Å²) in [6, 6.07) is 20.2. The number of likely N-dealkylation sites (N-methyl/N-ethyl adjacent to an activating group) is 1. The second-order valence-corrected chi connectivity index (χ2v) is 19.8. The summed E-state index contributed by atoms with van der Waals surface area (Å²) in [5, 5.41) is 8.01. The molecule has 19 nitrogen and oxygen atoms in total. The van der Waals surface area contributed by atoms with Gasteiger partial charge in [-0.25, -0.2) is 4.79 Å². The van der Waals surface area contributed by atoms with E-state index >= 15 is 0 Å². The van der Waals surface area contributed by atoms with Crippen LogP contribution in [0.3, 0.4) is 0 Å². The maximum Gasteiger partial charge on any atom is 0.408 e. The Hall–Kier alpha value is -8.45. The molecular weight excluding hydrogens is 983 g/mol. The molecule has 4 atom stereocenters. The van der Waals surface area contributed by atoms with E-state index in [1.165, 1.54) is 18.9 Å². The van der Waals surface area contributed by atoms with E-state index < -0.39 is 30.0 Å². The van der Waals surface area contributed by atoms with Gasteiger partial charge in [-0.1, -0.05) is 50.8 Å². The van der Waals surface area contributed by atoms with E-state index in [-0.39, 0.29) is 49.6 Å². The predicted octanol–water partition coefficient (Wildman–Crippen LogP) is 7.63. The van der Waals surface area contributed by atoms with Crippen molar-refractivity contribution < 1.29 is 47.7 Å². The minimum atomic E-state index is -0.917. The Morgan fingerprint density at radius 2 is 1.22 bits per heavy atom. The molecule has 19 heteroatoms. The number of carbonyl (C=O) groups is 5. The Bertz CT molecular complexity index is 3040. The van der Waals surface area contributed by atoms with Gasteiger partial charge in [-0.05, 0) is 78.6 Å². The van der Waals surface area contributed by atoms with Gasteiger partial charge in [0.1, 0.15) is 18.7 Å². The molecule has 4 aromatic carbocycles. The number of methoxy groups -OCH3 is 2. The topological polar surface area (TPSA) is 205 Å². The van der Waals surface area contributed by atoms with Crippen LogP contribution in [0.2, 0.25) is 0 Å². The van der Waals surface area contributed by atoms with Crippen LogP contribution in [0.25, 0.3) is 11.1 Å². The molecule has 0 radical (unpaired) electrons. The summed E-state index contributed by atoms with van der Waals surface area (Å²) < 4.78 is 28.7. The van der Waals surface area contributed by atoms with Crippen molar-refractivity contribution in [2.75, 3.05) is 77.5 Å². The number of amides is 5. The third kappa shape index (κ3) is 12.0. The molecule has 5 aliphatic rings. The standard InChI is InChI=1S/C58H65N9O10/c1-8-22-77-58(72)63-53(35(2)3)55(69)61-36(4)54(68)62-41-14-10-37(11-15-41)39-25-43-31-59-47-29-51(49(73-6)27-45(47)56(70)66(43)33-39)75-23-9-24-76-52-30-48-46(28-50(52)74-7)57(71)67-34-40(26-44(67)32-60-48)38-12-16-42(17-13-38)65-20-18-64(5)19-21-65/h8,10-17,27-36,43-44,53H,1,9,18-26H2,2-7H3,(H,61,69)(H,62,68)(H,63,72)/t36-,43-,44-,53-/m0/s1. The fourth-order valence-electron chi connectivity index (χ4n) is 9.74. The van der Waals surface area contributed by atoms with E-state index in [1.54, 1.807) is 80.3 Å². The minimum Gasteiger partial charge on any atom is -0.493 e. The number of nitrogens with zero attached hydrogens (tertiary/aromatic N) is 6. The van der Waals surface area contributed by atoms with E-state index in [1.807, 2.05) is 30.7 Å². The quantitative estimate of drug-likeness (QED) is 0.0613. The first-order chi connectivity index (χ1) is 37.2. The first-order valence-corrected chi connectivity index (χ1v) is 25.9. The number of piperazine rings is 1. The van der Waals surface area contributed by atoms with Gasteiger partial charge in [0.05, 0.1) is 62.0 Å². The number of rotatable bonds is 19.